The second-order valence-corrected chi connectivity index (χ2v) is 2.11. The van der Waals surface area contributed by atoms with Gasteiger partial charge in [-0.05, 0) is 6.42 Å². The maximum absolute atomic E-state index is 10.2. The van der Waals surface area contributed by atoms with Crippen molar-refractivity contribution in [1.82, 2.24) is 0 Å². The van der Waals surface area contributed by atoms with Gasteiger partial charge in [0.1, 0.15) is 7.28 Å². The first-order valence-electron chi connectivity index (χ1n) is 2.87. The van der Waals surface area contributed by atoms with Gasteiger partial charge in [-0.2, -0.15) is 0 Å². The highest BCUT2D eigenvalue weighted by Crippen LogP contribution is 2.23. The third kappa shape index (κ3) is 1.03. The average Bonchev–Trinajstić information content (AvgIpc) is 2.12. The van der Waals surface area contributed by atoms with Crippen LogP contribution >= 0.6 is 0 Å². The minimum atomic E-state index is -0.664. The Balaban J connectivity index is 2.35. The highest BCUT2D eigenvalue weighted by atomic mass is 16.4. The Bertz CT molecular complexity index is 96.6. The normalized spacial score (nSPS) is 27.2. The van der Waals surface area contributed by atoms with E-state index in [2.05, 4.69) is 0 Å². The first-order valence-corrected chi connectivity index (χ1v) is 2.87. The molecule has 0 aromatic carbocycles. The van der Waals surface area contributed by atoms with Crippen molar-refractivity contribution in [3.63, 3.8) is 0 Å². The van der Waals surface area contributed by atoms with Crippen LogP contribution in [0, 0.1) is 0 Å². The molecule has 0 aromatic heterocycles. The summed E-state index contributed by atoms with van der Waals surface area (Å²) in [5.74, 6) is -0.808. The van der Waals surface area contributed by atoms with Crippen LogP contribution in [0.1, 0.15) is 12.8 Å². The molecule has 1 fully saturated rings. The number of hydrogen-bond donors (Lipinski definition) is 1. The van der Waals surface area contributed by atoms with Crippen LogP contribution in [0.4, 0.5) is 0 Å². The molecule has 1 unspecified atom stereocenters. The lowest BCUT2D eigenvalue weighted by atomic mass is 9.67. The predicted octanol–water partition coefficient (Wildman–Crippen LogP) is 0.776. The molecular weight excluding hydrogens is 103 g/mol. The predicted molar refractivity (Wildman–Crippen MR) is 31.2 cm³/mol. The fourth-order valence-corrected chi connectivity index (χ4v) is 0.999. The lowest BCUT2D eigenvalue weighted by molar-refractivity contribution is -0.136. The van der Waals surface area contributed by atoms with E-state index in [1.54, 1.807) is 0 Å². The molecule has 1 rings (SSSR count). The van der Waals surface area contributed by atoms with Gasteiger partial charge in [-0.15, -0.1) is 0 Å². The maximum atomic E-state index is 10.2. The van der Waals surface area contributed by atoms with E-state index in [1.165, 1.54) is 0 Å². The summed E-state index contributed by atoms with van der Waals surface area (Å²) in [6.45, 7) is 0. The number of carboxylic acid groups (broad SMARTS) is 1. The molecule has 1 N–H and O–H groups in total. The molecule has 1 atom stereocenters. The van der Waals surface area contributed by atoms with Crippen LogP contribution in [0.25, 0.3) is 0 Å². The van der Waals surface area contributed by atoms with E-state index in [9.17, 15) is 4.79 Å². The molecule has 1 aliphatic rings. The first-order chi connectivity index (χ1) is 3.80. The van der Waals surface area contributed by atoms with E-state index >= 15 is 0 Å². The van der Waals surface area contributed by atoms with Crippen molar-refractivity contribution in [2.24, 2.45) is 0 Å². The zero-order valence-corrected chi connectivity index (χ0v) is 4.63. The van der Waals surface area contributed by atoms with Gasteiger partial charge in [-0.25, -0.2) is 0 Å². The lowest BCUT2D eigenvalue weighted by Gasteiger charge is -1.96. The lowest BCUT2D eigenvalue weighted by Crippen LogP contribution is -2.07. The zero-order valence-electron chi connectivity index (χ0n) is 4.63. The number of hydrogen-bond acceptors (Lipinski definition) is 1. The summed E-state index contributed by atoms with van der Waals surface area (Å²) in [5, 5.41) is 8.38. The van der Waals surface area contributed by atoms with Crippen molar-refractivity contribution < 1.29 is 9.90 Å². The van der Waals surface area contributed by atoms with Crippen molar-refractivity contribution in [3.05, 3.63) is 0 Å². The minimum Gasteiger partial charge on any atom is -0.482 e. The van der Waals surface area contributed by atoms with Crippen molar-refractivity contribution in [2.45, 2.75) is 25.0 Å². The van der Waals surface area contributed by atoms with Gasteiger partial charge in [-0.1, -0.05) is 12.7 Å². The number of carboxylic acids is 1. The Morgan fingerprint density at radius 3 is 2.75 bits per heavy atom. The van der Waals surface area contributed by atoms with Crippen LogP contribution in [0.3, 0.4) is 0 Å². The fraction of sp³-hybridized carbons (Fsp3) is 0.800. The van der Waals surface area contributed by atoms with Gasteiger partial charge in [0.15, 0.2) is 0 Å². The van der Waals surface area contributed by atoms with Gasteiger partial charge in [0.2, 0.25) is 0 Å². The van der Waals surface area contributed by atoms with E-state index in [1.807, 2.05) is 7.28 Å². The summed E-state index contributed by atoms with van der Waals surface area (Å²) in [6, 6.07) is 0. The number of carbonyl (C=O) groups is 1. The molecule has 1 saturated heterocycles. The van der Waals surface area contributed by atoms with Gasteiger partial charge in [0.25, 0.3) is 5.97 Å². The molecule has 8 heavy (non-hydrogen) atoms. The van der Waals surface area contributed by atoms with Gasteiger partial charge >= 0.3 is 0 Å². The van der Waals surface area contributed by atoms with Gasteiger partial charge in [0.05, 0.1) is 0 Å². The van der Waals surface area contributed by atoms with Crippen LogP contribution in [0.2, 0.25) is 12.1 Å². The SMILES string of the molecule is O=C(O)C1[B]CCC1. The van der Waals surface area contributed by atoms with E-state index in [4.69, 9.17) is 5.11 Å². The molecule has 1 radical (unpaired) electrons. The van der Waals surface area contributed by atoms with Gasteiger partial charge in [0, 0.05) is 5.82 Å². The van der Waals surface area contributed by atoms with Crippen LogP contribution in [-0.2, 0) is 4.79 Å². The molecule has 0 bridgehead atoms. The molecule has 0 spiro atoms. The summed E-state index contributed by atoms with van der Waals surface area (Å²) < 4.78 is 0. The summed E-state index contributed by atoms with van der Waals surface area (Å²) >= 11 is 0. The van der Waals surface area contributed by atoms with Crippen LogP contribution in [-0.4, -0.2) is 18.4 Å². The molecule has 0 saturated carbocycles. The third-order valence-electron chi connectivity index (χ3n) is 1.49. The smallest absolute Gasteiger partial charge is 0.298 e. The molecule has 43 valence electrons. The highest BCUT2D eigenvalue weighted by molar-refractivity contribution is 6.44. The fourth-order valence-electron chi connectivity index (χ4n) is 0.999. The standard InChI is InChI=1S/C5H8BO2/c7-5(8)4-2-1-3-6-4/h4H,1-3H2,(H,7,8). The Kier molecular flexibility index (Phi) is 1.56. The van der Waals surface area contributed by atoms with Crippen LogP contribution in [0.15, 0.2) is 0 Å². The summed E-state index contributed by atoms with van der Waals surface area (Å²) in [5.41, 5.74) is 0. The van der Waals surface area contributed by atoms with E-state index < -0.39 is 5.97 Å². The van der Waals surface area contributed by atoms with Crippen molar-refractivity contribution >= 4 is 13.2 Å². The third-order valence-corrected chi connectivity index (χ3v) is 1.49. The monoisotopic (exact) mass is 111 g/mol. The topological polar surface area (TPSA) is 37.3 Å². The summed E-state index contributed by atoms with van der Waals surface area (Å²) in [7, 11) is 1.88. The van der Waals surface area contributed by atoms with Crippen molar-refractivity contribution in [3.8, 4) is 0 Å². The van der Waals surface area contributed by atoms with Crippen molar-refractivity contribution in [2.75, 3.05) is 0 Å². The highest BCUT2D eigenvalue weighted by Gasteiger charge is 2.22. The Hall–Kier alpha value is -0.465. The average molecular weight is 111 g/mol. The van der Waals surface area contributed by atoms with E-state index in [-0.39, 0.29) is 5.82 Å². The number of aliphatic carboxylic acids is 1. The van der Waals surface area contributed by atoms with E-state index in [0.717, 1.165) is 19.2 Å². The molecule has 0 aliphatic carbocycles. The summed E-state index contributed by atoms with van der Waals surface area (Å²) in [4.78, 5) is 10.2. The molecule has 0 amide bonds. The summed E-state index contributed by atoms with van der Waals surface area (Å²) in [6.07, 6.45) is 2.88. The molecular formula is C5H8BO2. The largest absolute Gasteiger partial charge is 0.482 e. The van der Waals surface area contributed by atoms with Crippen molar-refractivity contribution in [1.29, 1.82) is 0 Å². The Morgan fingerprint density at radius 2 is 2.50 bits per heavy atom. The van der Waals surface area contributed by atoms with Gasteiger partial charge < -0.3 is 5.11 Å². The zero-order chi connectivity index (χ0) is 5.98. The van der Waals surface area contributed by atoms with Crippen LogP contribution < -0.4 is 0 Å². The second-order valence-electron chi connectivity index (χ2n) is 2.11. The Morgan fingerprint density at radius 1 is 1.75 bits per heavy atom. The molecule has 3 heteroatoms. The molecule has 2 nitrogen and oxygen atoms in total. The first kappa shape index (κ1) is 5.67. The molecule has 0 aromatic rings. The van der Waals surface area contributed by atoms with Gasteiger partial charge in [-0.3, -0.25) is 4.79 Å². The number of rotatable bonds is 1. The quantitative estimate of drug-likeness (QED) is 0.507. The van der Waals surface area contributed by atoms with E-state index in [0.29, 0.717) is 0 Å². The molecule has 1 aliphatic heterocycles. The molecule has 1 heterocycles. The minimum absolute atomic E-state index is 0.144. The van der Waals surface area contributed by atoms with Crippen LogP contribution in [0.5, 0.6) is 0 Å². The Labute approximate surface area is 49.1 Å². The maximum Gasteiger partial charge on any atom is 0.298 e. The second kappa shape index (κ2) is 2.20.